The number of carbonyl (C=O) groups is 1. The van der Waals surface area contributed by atoms with E-state index in [1.54, 1.807) is 18.5 Å². The van der Waals surface area contributed by atoms with Gasteiger partial charge in [-0.15, -0.1) is 0 Å². The van der Waals surface area contributed by atoms with Crippen molar-refractivity contribution in [3.05, 3.63) is 23.7 Å². The second-order valence-electron chi connectivity index (χ2n) is 3.88. The lowest BCUT2D eigenvalue weighted by molar-refractivity contribution is -0.119. The first-order valence-corrected chi connectivity index (χ1v) is 6.49. The van der Waals surface area contributed by atoms with Gasteiger partial charge in [0.05, 0.1) is 6.54 Å². The molecule has 20 heavy (non-hydrogen) atoms. The average Bonchev–Trinajstić information content (AvgIpc) is 2.96. The molecule has 0 saturated heterocycles. The topological polar surface area (TPSA) is 97.6 Å². The molecule has 9 heteroatoms. The highest BCUT2D eigenvalue weighted by molar-refractivity contribution is 6.28. The summed E-state index contributed by atoms with van der Waals surface area (Å²) < 4.78 is 1.45. The van der Waals surface area contributed by atoms with E-state index in [0.717, 1.165) is 6.42 Å². The fourth-order valence-corrected chi connectivity index (χ4v) is 1.55. The first-order chi connectivity index (χ1) is 9.69. The van der Waals surface area contributed by atoms with Crippen LogP contribution in [0.15, 0.2) is 18.5 Å². The van der Waals surface area contributed by atoms with Gasteiger partial charge < -0.3 is 10.6 Å². The number of amides is 1. The summed E-state index contributed by atoms with van der Waals surface area (Å²) in [4.78, 5) is 23.5. The average molecular weight is 296 g/mol. The zero-order valence-electron chi connectivity index (χ0n) is 10.9. The highest BCUT2D eigenvalue weighted by atomic mass is 35.5. The molecular formula is C11H14ClN7O. The molecular weight excluding hydrogens is 282 g/mol. The Kier molecular flexibility index (Phi) is 4.83. The van der Waals surface area contributed by atoms with Crippen molar-refractivity contribution in [1.29, 1.82) is 0 Å². The van der Waals surface area contributed by atoms with Crippen molar-refractivity contribution in [3.63, 3.8) is 0 Å². The minimum Gasteiger partial charge on any atom is -0.355 e. The second-order valence-corrected chi connectivity index (χ2v) is 4.22. The van der Waals surface area contributed by atoms with Crippen LogP contribution < -0.4 is 10.6 Å². The van der Waals surface area contributed by atoms with Crippen LogP contribution in [-0.2, 0) is 4.79 Å². The lowest BCUT2D eigenvalue weighted by Crippen LogP contribution is -2.30. The van der Waals surface area contributed by atoms with Gasteiger partial charge in [-0.25, -0.2) is 4.68 Å². The summed E-state index contributed by atoms with van der Waals surface area (Å²) in [5, 5.41) is 9.57. The number of nitrogens with one attached hydrogen (secondary N) is 2. The SMILES string of the molecule is CCCNC(=O)CNc1nc(Cl)nc(-n2cccn2)n1. The molecule has 0 aliphatic heterocycles. The van der Waals surface area contributed by atoms with Crippen LogP contribution in [0.4, 0.5) is 5.95 Å². The molecule has 0 aliphatic rings. The van der Waals surface area contributed by atoms with Crippen molar-refractivity contribution in [2.75, 3.05) is 18.4 Å². The molecule has 0 aromatic carbocycles. The fraction of sp³-hybridized carbons (Fsp3) is 0.364. The van der Waals surface area contributed by atoms with Crippen LogP contribution in [0.25, 0.3) is 5.95 Å². The van der Waals surface area contributed by atoms with Crippen LogP contribution >= 0.6 is 11.6 Å². The molecule has 2 heterocycles. The number of nitrogens with zero attached hydrogens (tertiary/aromatic N) is 5. The van der Waals surface area contributed by atoms with Gasteiger partial charge in [-0.2, -0.15) is 20.1 Å². The van der Waals surface area contributed by atoms with E-state index in [2.05, 4.69) is 30.7 Å². The van der Waals surface area contributed by atoms with Gasteiger partial charge in [0.1, 0.15) is 0 Å². The summed E-state index contributed by atoms with van der Waals surface area (Å²) in [7, 11) is 0. The van der Waals surface area contributed by atoms with E-state index in [1.807, 2.05) is 6.92 Å². The van der Waals surface area contributed by atoms with E-state index in [1.165, 1.54) is 4.68 Å². The van der Waals surface area contributed by atoms with Crippen molar-refractivity contribution in [3.8, 4) is 5.95 Å². The Morgan fingerprint density at radius 1 is 1.40 bits per heavy atom. The lowest BCUT2D eigenvalue weighted by atomic mass is 10.4. The van der Waals surface area contributed by atoms with Gasteiger partial charge in [-0.05, 0) is 24.1 Å². The number of hydrogen-bond acceptors (Lipinski definition) is 6. The number of aromatic nitrogens is 5. The molecule has 0 fully saturated rings. The minimum atomic E-state index is -0.135. The Morgan fingerprint density at radius 2 is 2.25 bits per heavy atom. The van der Waals surface area contributed by atoms with Gasteiger partial charge in [0.15, 0.2) is 0 Å². The largest absolute Gasteiger partial charge is 0.355 e. The third-order valence-electron chi connectivity index (χ3n) is 2.28. The van der Waals surface area contributed by atoms with Gasteiger partial charge in [-0.3, -0.25) is 4.79 Å². The lowest BCUT2D eigenvalue weighted by Gasteiger charge is -2.07. The van der Waals surface area contributed by atoms with Crippen molar-refractivity contribution < 1.29 is 4.79 Å². The molecule has 2 rings (SSSR count). The van der Waals surface area contributed by atoms with E-state index >= 15 is 0 Å². The van der Waals surface area contributed by atoms with Gasteiger partial charge in [0, 0.05) is 18.9 Å². The number of hydrogen-bond donors (Lipinski definition) is 2. The van der Waals surface area contributed by atoms with Crippen LogP contribution in [0, 0.1) is 0 Å². The molecule has 1 amide bonds. The molecule has 0 unspecified atom stereocenters. The number of rotatable bonds is 6. The monoisotopic (exact) mass is 295 g/mol. The van der Waals surface area contributed by atoms with E-state index in [0.29, 0.717) is 6.54 Å². The van der Waals surface area contributed by atoms with Crippen molar-refractivity contribution in [2.45, 2.75) is 13.3 Å². The zero-order chi connectivity index (χ0) is 14.4. The molecule has 2 aromatic heterocycles. The van der Waals surface area contributed by atoms with E-state index in [-0.39, 0.29) is 29.6 Å². The van der Waals surface area contributed by atoms with Crippen LogP contribution in [0.2, 0.25) is 5.28 Å². The molecule has 2 aromatic rings. The standard InChI is InChI=1S/C11H14ClN7O/c1-2-4-13-8(20)7-14-10-16-9(12)17-11(18-10)19-6-3-5-15-19/h3,5-6H,2,4,7H2,1H3,(H,13,20)(H,14,16,17,18). The number of carbonyl (C=O) groups excluding carboxylic acids is 1. The molecule has 0 atom stereocenters. The first-order valence-electron chi connectivity index (χ1n) is 6.11. The summed E-state index contributed by atoms with van der Waals surface area (Å²) in [6.07, 6.45) is 4.17. The molecule has 0 radical (unpaired) electrons. The van der Waals surface area contributed by atoms with E-state index < -0.39 is 0 Å². The molecule has 8 nitrogen and oxygen atoms in total. The minimum absolute atomic E-state index is 0.0296. The maximum Gasteiger partial charge on any atom is 0.256 e. The maximum absolute atomic E-state index is 11.5. The Labute approximate surface area is 120 Å². The zero-order valence-corrected chi connectivity index (χ0v) is 11.6. The second kappa shape index (κ2) is 6.80. The van der Waals surface area contributed by atoms with Crippen molar-refractivity contribution >= 4 is 23.5 Å². The predicted molar refractivity (Wildman–Crippen MR) is 73.7 cm³/mol. The third kappa shape index (κ3) is 3.89. The number of anilines is 1. The van der Waals surface area contributed by atoms with Gasteiger partial charge in [0.2, 0.25) is 17.1 Å². The highest BCUT2D eigenvalue weighted by Gasteiger charge is 2.08. The Bertz CT molecular complexity index is 572. The Balaban J connectivity index is 2.03. The summed E-state index contributed by atoms with van der Waals surface area (Å²) in [6.45, 7) is 2.69. The summed E-state index contributed by atoms with van der Waals surface area (Å²) >= 11 is 5.82. The molecule has 0 bridgehead atoms. The smallest absolute Gasteiger partial charge is 0.256 e. The van der Waals surface area contributed by atoms with Crippen LogP contribution in [0.5, 0.6) is 0 Å². The Morgan fingerprint density at radius 3 is 2.95 bits per heavy atom. The fourth-order valence-electron chi connectivity index (χ4n) is 1.39. The van der Waals surface area contributed by atoms with E-state index in [4.69, 9.17) is 11.6 Å². The first kappa shape index (κ1) is 14.2. The molecule has 0 aliphatic carbocycles. The van der Waals surface area contributed by atoms with Crippen LogP contribution in [0.3, 0.4) is 0 Å². The quantitative estimate of drug-likeness (QED) is 0.812. The van der Waals surface area contributed by atoms with Gasteiger partial charge >= 0.3 is 0 Å². The van der Waals surface area contributed by atoms with Crippen molar-refractivity contribution in [1.82, 2.24) is 30.0 Å². The number of halogens is 1. The van der Waals surface area contributed by atoms with Crippen LogP contribution in [0.1, 0.15) is 13.3 Å². The summed E-state index contributed by atoms with van der Waals surface area (Å²) in [5.74, 6) is 0.373. The Hall–Kier alpha value is -2.22. The summed E-state index contributed by atoms with van der Waals surface area (Å²) in [6, 6.07) is 1.74. The predicted octanol–water partition coefficient (Wildman–Crippen LogP) is 0.649. The molecule has 2 N–H and O–H groups in total. The highest BCUT2D eigenvalue weighted by Crippen LogP contribution is 2.08. The summed E-state index contributed by atoms with van der Waals surface area (Å²) in [5.41, 5.74) is 0. The van der Waals surface area contributed by atoms with E-state index in [9.17, 15) is 4.79 Å². The van der Waals surface area contributed by atoms with Gasteiger partial charge in [0.25, 0.3) is 5.95 Å². The third-order valence-corrected chi connectivity index (χ3v) is 2.45. The molecule has 0 spiro atoms. The normalized spacial score (nSPS) is 10.3. The van der Waals surface area contributed by atoms with Crippen LogP contribution in [-0.4, -0.2) is 43.7 Å². The molecule has 106 valence electrons. The maximum atomic E-state index is 11.5. The molecule has 0 saturated carbocycles. The van der Waals surface area contributed by atoms with Crippen molar-refractivity contribution in [2.24, 2.45) is 0 Å². The van der Waals surface area contributed by atoms with Gasteiger partial charge in [-0.1, -0.05) is 6.92 Å².